The number of nitrogens with zero attached hydrogens (tertiary/aromatic N) is 2. The fourth-order valence-corrected chi connectivity index (χ4v) is 2.45. The van der Waals surface area contributed by atoms with Crippen LogP contribution in [-0.2, 0) is 13.1 Å². The summed E-state index contributed by atoms with van der Waals surface area (Å²) in [5, 5.41) is 10.8. The Labute approximate surface area is 123 Å². The molecule has 21 heavy (non-hydrogen) atoms. The van der Waals surface area contributed by atoms with Gasteiger partial charge in [0.15, 0.2) is 0 Å². The van der Waals surface area contributed by atoms with Gasteiger partial charge in [-0.2, -0.15) is 0 Å². The molecule has 0 aromatic heterocycles. The van der Waals surface area contributed by atoms with E-state index < -0.39 is 0 Å². The van der Waals surface area contributed by atoms with Crippen LogP contribution in [0.25, 0.3) is 0 Å². The Kier molecular flexibility index (Phi) is 3.67. The molecule has 0 atom stereocenters. The maximum Gasteiger partial charge on any atom is 0.269 e. The van der Waals surface area contributed by atoms with Gasteiger partial charge in [-0.25, -0.2) is 0 Å². The van der Waals surface area contributed by atoms with Gasteiger partial charge < -0.3 is 0 Å². The predicted molar refractivity (Wildman–Crippen MR) is 80.5 cm³/mol. The van der Waals surface area contributed by atoms with E-state index in [9.17, 15) is 10.1 Å². The highest BCUT2D eigenvalue weighted by Gasteiger charge is 2.20. The molecule has 0 bridgehead atoms. The Morgan fingerprint density at radius 1 is 1.10 bits per heavy atom. The van der Waals surface area contributed by atoms with Gasteiger partial charge in [-0.3, -0.25) is 15.0 Å². The molecule has 0 radical (unpaired) electrons. The maximum absolute atomic E-state index is 10.8. The highest BCUT2D eigenvalue weighted by molar-refractivity contribution is 5.42. The van der Waals surface area contributed by atoms with Crippen molar-refractivity contribution in [2.45, 2.75) is 13.1 Å². The summed E-state index contributed by atoms with van der Waals surface area (Å²) < 4.78 is 0. The number of benzene rings is 2. The molecule has 0 amide bonds. The van der Waals surface area contributed by atoms with E-state index in [4.69, 9.17) is 0 Å². The molecule has 1 aliphatic heterocycles. The third-order valence-corrected chi connectivity index (χ3v) is 3.50. The van der Waals surface area contributed by atoms with Crippen molar-refractivity contribution in [1.29, 1.82) is 0 Å². The monoisotopic (exact) mass is 278 g/mol. The Bertz CT molecular complexity index is 729. The van der Waals surface area contributed by atoms with Crippen LogP contribution >= 0.6 is 0 Å². The summed E-state index contributed by atoms with van der Waals surface area (Å²) in [6.45, 7) is 2.19. The second-order valence-corrected chi connectivity index (χ2v) is 5.02. The van der Waals surface area contributed by atoms with E-state index in [-0.39, 0.29) is 10.6 Å². The van der Waals surface area contributed by atoms with Crippen LogP contribution in [0.1, 0.15) is 16.7 Å². The summed E-state index contributed by atoms with van der Waals surface area (Å²) in [5.74, 6) is 6.29. The van der Waals surface area contributed by atoms with Crippen molar-refractivity contribution in [3.8, 4) is 11.8 Å². The van der Waals surface area contributed by atoms with E-state index >= 15 is 0 Å². The standard InChI is InChI=1S/C17H14N2O2/c20-19(21)17-9-8-15-12-18(13-16(15)11-17)10-4-7-14-5-2-1-3-6-14/h1-3,5-6,8-9,11H,10,12-13H2. The van der Waals surface area contributed by atoms with E-state index in [0.29, 0.717) is 6.54 Å². The smallest absolute Gasteiger partial charge is 0.269 e. The molecule has 1 aliphatic rings. The largest absolute Gasteiger partial charge is 0.284 e. The topological polar surface area (TPSA) is 46.4 Å². The first-order valence-electron chi connectivity index (χ1n) is 6.75. The maximum atomic E-state index is 10.8. The Morgan fingerprint density at radius 2 is 1.86 bits per heavy atom. The normalized spacial score (nSPS) is 13.3. The summed E-state index contributed by atoms with van der Waals surface area (Å²) in [6.07, 6.45) is 0. The first-order valence-corrected chi connectivity index (χ1v) is 6.75. The number of non-ortho nitro benzene ring substituents is 1. The SMILES string of the molecule is O=[N+]([O-])c1ccc2c(c1)CN(CC#Cc1ccccc1)C2. The minimum Gasteiger partial charge on any atom is -0.284 e. The molecule has 0 N–H and O–H groups in total. The summed E-state index contributed by atoms with van der Waals surface area (Å²) in [5.41, 5.74) is 3.35. The number of nitro benzene ring substituents is 1. The van der Waals surface area contributed by atoms with Crippen LogP contribution in [-0.4, -0.2) is 16.4 Å². The molecule has 0 saturated heterocycles. The van der Waals surface area contributed by atoms with Gasteiger partial charge >= 0.3 is 0 Å². The van der Waals surface area contributed by atoms with Gasteiger partial charge in [-0.05, 0) is 23.3 Å². The molecule has 0 aliphatic carbocycles. The van der Waals surface area contributed by atoms with Crippen molar-refractivity contribution >= 4 is 5.69 Å². The number of nitro groups is 1. The molecule has 2 aromatic rings. The van der Waals surface area contributed by atoms with Gasteiger partial charge in [0, 0.05) is 30.8 Å². The third-order valence-electron chi connectivity index (χ3n) is 3.50. The van der Waals surface area contributed by atoms with Crippen molar-refractivity contribution in [2.24, 2.45) is 0 Å². The highest BCUT2D eigenvalue weighted by Crippen LogP contribution is 2.26. The van der Waals surface area contributed by atoms with E-state index in [2.05, 4.69) is 16.7 Å². The zero-order chi connectivity index (χ0) is 14.7. The van der Waals surface area contributed by atoms with Crippen LogP contribution < -0.4 is 0 Å². The quantitative estimate of drug-likeness (QED) is 0.482. The molecular weight excluding hydrogens is 264 g/mol. The van der Waals surface area contributed by atoms with E-state index in [1.165, 1.54) is 0 Å². The molecule has 0 spiro atoms. The first kappa shape index (κ1) is 13.3. The van der Waals surface area contributed by atoms with E-state index in [1.807, 2.05) is 36.4 Å². The lowest BCUT2D eigenvalue weighted by molar-refractivity contribution is -0.384. The van der Waals surface area contributed by atoms with Crippen LogP contribution in [0.3, 0.4) is 0 Å². The number of hydrogen-bond donors (Lipinski definition) is 0. The molecule has 0 fully saturated rings. The second kappa shape index (κ2) is 5.78. The van der Waals surface area contributed by atoms with Crippen molar-refractivity contribution in [3.05, 3.63) is 75.3 Å². The fourth-order valence-electron chi connectivity index (χ4n) is 2.45. The van der Waals surface area contributed by atoms with Crippen LogP contribution in [0, 0.1) is 22.0 Å². The Hall–Kier alpha value is -2.64. The van der Waals surface area contributed by atoms with Gasteiger partial charge in [0.1, 0.15) is 0 Å². The van der Waals surface area contributed by atoms with Gasteiger partial charge in [0.05, 0.1) is 11.5 Å². The molecule has 3 rings (SSSR count). The van der Waals surface area contributed by atoms with Gasteiger partial charge in [0.25, 0.3) is 5.69 Å². The third kappa shape index (κ3) is 3.10. The summed E-state index contributed by atoms with van der Waals surface area (Å²) in [7, 11) is 0. The molecule has 4 heteroatoms. The summed E-state index contributed by atoms with van der Waals surface area (Å²) in [6, 6.07) is 14.9. The average Bonchev–Trinajstić information content (AvgIpc) is 2.90. The predicted octanol–water partition coefficient (Wildman–Crippen LogP) is 2.96. The minimum absolute atomic E-state index is 0.158. The molecule has 4 nitrogen and oxygen atoms in total. The second-order valence-electron chi connectivity index (χ2n) is 5.02. The molecule has 0 unspecified atom stereocenters. The number of fused-ring (bicyclic) bond motifs is 1. The van der Waals surface area contributed by atoms with Gasteiger partial charge in [-0.15, -0.1) is 0 Å². The van der Waals surface area contributed by atoms with Crippen LogP contribution in [0.15, 0.2) is 48.5 Å². The summed E-state index contributed by atoms with van der Waals surface area (Å²) >= 11 is 0. The minimum atomic E-state index is -0.349. The van der Waals surface area contributed by atoms with Crippen molar-refractivity contribution in [3.63, 3.8) is 0 Å². The molecule has 104 valence electrons. The zero-order valence-electron chi connectivity index (χ0n) is 11.5. The molecule has 1 heterocycles. The molecular formula is C17H14N2O2. The zero-order valence-corrected chi connectivity index (χ0v) is 11.5. The van der Waals surface area contributed by atoms with Gasteiger partial charge in [-0.1, -0.05) is 36.1 Å². The molecule has 2 aromatic carbocycles. The lowest BCUT2D eigenvalue weighted by Gasteiger charge is -2.09. The van der Waals surface area contributed by atoms with Crippen molar-refractivity contribution < 1.29 is 4.92 Å². The Morgan fingerprint density at radius 3 is 2.62 bits per heavy atom. The van der Waals surface area contributed by atoms with Crippen LogP contribution in [0.2, 0.25) is 0 Å². The number of rotatable bonds is 2. The van der Waals surface area contributed by atoms with Crippen LogP contribution in [0.5, 0.6) is 0 Å². The lowest BCUT2D eigenvalue weighted by Crippen LogP contribution is -2.16. The Balaban J connectivity index is 1.66. The summed E-state index contributed by atoms with van der Waals surface area (Å²) in [4.78, 5) is 12.6. The fraction of sp³-hybridized carbons (Fsp3) is 0.176. The van der Waals surface area contributed by atoms with E-state index in [1.54, 1.807) is 12.1 Å². The number of hydrogen-bond acceptors (Lipinski definition) is 3. The van der Waals surface area contributed by atoms with Crippen molar-refractivity contribution in [1.82, 2.24) is 4.90 Å². The average molecular weight is 278 g/mol. The highest BCUT2D eigenvalue weighted by atomic mass is 16.6. The lowest BCUT2D eigenvalue weighted by atomic mass is 10.1. The molecule has 0 saturated carbocycles. The van der Waals surface area contributed by atoms with Crippen molar-refractivity contribution in [2.75, 3.05) is 6.54 Å². The van der Waals surface area contributed by atoms with E-state index in [0.717, 1.165) is 29.8 Å². The van der Waals surface area contributed by atoms with Gasteiger partial charge in [0.2, 0.25) is 0 Å². The first-order chi connectivity index (χ1) is 10.2. The van der Waals surface area contributed by atoms with Crippen LogP contribution in [0.4, 0.5) is 5.69 Å².